The Morgan fingerprint density at radius 3 is 1.58 bits per heavy atom. The molecule has 332 valence electrons. The maximum Gasteiger partial charge on any atom is 0.363 e. The fourth-order valence-electron chi connectivity index (χ4n) is 9.24. The lowest BCUT2D eigenvalue weighted by Gasteiger charge is -2.28. The summed E-state index contributed by atoms with van der Waals surface area (Å²) in [6.07, 6.45) is 13.7. The summed E-state index contributed by atoms with van der Waals surface area (Å²) < 4.78 is 13.5. The zero-order chi connectivity index (χ0) is 46.4. The Morgan fingerprint density at radius 1 is 0.478 bits per heavy atom. The number of rotatable bonds is 11. The minimum absolute atomic E-state index is 0.793. The molecule has 2 heterocycles. The molecule has 9 aromatic rings. The van der Waals surface area contributed by atoms with E-state index in [1.807, 2.05) is 60.7 Å². The molecule has 0 fully saturated rings. The van der Waals surface area contributed by atoms with E-state index in [-0.39, 0.29) is 0 Å². The Hall–Kier alpha value is -8.44. The molecule has 1 aliphatic heterocycles. The molecular weight excluding hydrogens is 864 g/mol. The van der Waals surface area contributed by atoms with Gasteiger partial charge in [-0.05, 0) is 127 Å². The molecule has 0 radical (unpaired) electrons. The van der Waals surface area contributed by atoms with Crippen LogP contribution in [0.25, 0.3) is 39.7 Å². The van der Waals surface area contributed by atoms with Crippen LogP contribution < -0.4 is 14.5 Å². The molecule has 0 unspecified atom stereocenters. The van der Waals surface area contributed by atoms with Gasteiger partial charge in [0.1, 0.15) is 11.5 Å². The van der Waals surface area contributed by atoms with Crippen molar-refractivity contribution in [1.29, 1.82) is 0 Å². The Labute approximate surface area is 409 Å². The second-order valence-corrected chi connectivity index (χ2v) is 17.5. The van der Waals surface area contributed by atoms with Gasteiger partial charge in [0.2, 0.25) is 0 Å². The van der Waals surface area contributed by atoms with Crippen LogP contribution in [-0.4, -0.2) is 0 Å². The summed E-state index contributed by atoms with van der Waals surface area (Å²) in [6, 6.07) is 77.5. The topological polar surface area (TPSA) is 27.0 Å². The average molecular weight is 913 g/mol. The van der Waals surface area contributed by atoms with Gasteiger partial charge in [-0.25, -0.2) is 4.42 Å². The second-order valence-electron chi connectivity index (χ2n) is 17.1. The normalized spacial score (nSPS) is 14.7. The number of halogens is 1. The van der Waals surface area contributed by atoms with Crippen LogP contribution in [0.5, 0.6) is 5.75 Å². The first kappa shape index (κ1) is 43.1. The van der Waals surface area contributed by atoms with Crippen molar-refractivity contribution in [3.8, 4) is 17.1 Å². The highest BCUT2D eigenvalue weighted by atomic mass is 35.5. The number of anilines is 6. The van der Waals surface area contributed by atoms with Gasteiger partial charge in [0.05, 0.1) is 28.8 Å². The molecule has 0 amide bonds. The summed E-state index contributed by atoms with van der Waals surface area (Å²) in [4.78, 5) is 4.52. The number of para-hydroxylation sites is 4. The third kappa shape index (κ3) is 9.31. The molecule has 1 aliphatic carbocycles. The summed E-state index contributed by atoms with van der Waals surface area (Å²) >= 11 is 7.41. The van der Waals surface area contributed by atoms with Crippen LogP contribution in [0.15, 0.2) is 269 Å². The van der Waals surface area contributed by atoms with Gasteiger partial charge >= 0.3 is 11.3 Å². The van der Waals surface area contributed by atoms with Gasteiger partial charge in [-0.1, -0.05) is 157 Å². The summed E-state index contributed by atoms with van der Waals surface area (Å²) in [6.45, 7) is 0. The van der Waals surface area contributed by atoms with Crippen molar-refractivity contribution in [2.45, 2.75) is 19.3 Å². The van der Waals surface area contributed by atoms with Gasteiger partial charge in [-0.3, -0.25) is 0 Å². The van der Waals surface area contributed by atoms with Gasteiger partial charge < -0.3 is 14.5 Å². The minimum atomic E-state index is 0.793. The van der Waals surface area contributed by atoms with Crippen LogP contribution in [0.2, 0.25) is 0 Å². The molecule has 0 saturated carbocycles. The SMILES string of the molecule is ClC1=C(/C=C/c2cc(-c3ccccc3)[o+]c3cc(N(c4ccccc4)c4ccccc4)ccc23)CCC/C1=C\C=C1/C=C(c2ccccc2)Oc2cc(N(c3ccccc3)c3ccccc3)ccc21. The maximum absolute atomic E-state index is 7.41. The lowest BCUT2D eigenvalue weighted by molar-refractivity contribution is 0.509. The molecule has 4 nitrogen and oxygen atoms in total. The van der Waals surface area contributed by atoms with Crippen LogP contribution in [0.4, 0.5) is 34.1 Å². The van der Waals surface area contributed by atoms with Crippen molar-refractivity contribution < 1.29 is 9.15 Å². The number of benzene rings is 8. The molecule has 2 aliphatic rings. The zero-order valence-electron chi connectivity index (χ0n) is 38.0. The number of allylic oxidation sites excluding steroid dienone is 8. The third-order valence-corrected chi connectivity index (χ3v) is 13.1. The molecule has 8 aromatic carbocycles. The molecule has 11 rings (SSSR count). The van der Waals surface area contributed by atoms with Gasteiger partial charge in [0.25, 0.3) is 0 Å². The van der Waals surface area contributed by atoms with Crippen LogP contribution in [0, 0.1) is 0 Å². The van der Waals surface area contributed by atoms with Crippen LogP contribution >= 0.6 is 11.6 Å². The molecular formula is C64H48ClN2O2+. The van der Waals surface area contributed by atoms with E-state index in [2.05, 4.69) is 204 Å². The van der Waals surface area contributed by atoms with Crippen LogP contribution in [0.1, 0.15) is 36.0 Å². The van der Waals surface area contributed by atoms with E-state index >= 15 is 0 Å². The van der Waals surface area contributed by atoms with Gasteiger partial charge in [0.15, 0.2) is 0 Å². The monoisotopic (exact) mass is 911 g/mol. The van der Waals surface area contributed by atoms with Crippen molar-refractivity contribution in [2.24, 2.45) is 0 Å². The smallest absolute Gasteiger partial charge is 0.363 e. The van der Waals surface area contributed by atoms with E-state index in [0.717, 1.165) is 126 Å². The number of fused-ring (bicyclic) bond motifs is 2. The average Bonchev–Trinajstić information content (AvgIpc) is 3.41. The lowest BCUT2D eigenvalue weighted by Crippen LogP contribution is -2.11. The molecule has 0 spiro atoms. The number of hydrogen-bond donors (Lipinski definition) is 0. The van der Waals surface area contributed by atoms with Crippen molar-refractivity contribution in [2.75, 3.05) is 9.80 Å². The molecule has 0 saturated heterocycles. The van der Waals surface area contributed by atoms with E-state index in [0.29, 0.717) is 0 Å². The van der Waals surface area contributed by atoms with Crippen molar-refractivity contribution in [3.63, 3.8) is 0 Å². The number of ether oxygens (including phenoxy) is 1. The molecule has 0 bridgehead atoms. The van der Waals surface area contributed by atoms with Crippen molar-refractivity contribution in [1.82, 2.24) is 0 Å². The molecule has 1 aromatic heterocycles. The third-order valence-electron chi connectivity index (χ3n) is 12.6. The van der Waals surface area contributed by atoms with Crippen LogP contribution in [-0.2, 0) is 0 Å². The zero-order valence-corrected chi connectivity index (χ0v) is 38.7. The fourth-order valence-corrected chi connectivity index (χ4v) is 9.55. The van der Waals surface area contributed by atoms with Gasteiger partial charge in [-0.2, -0.15) is 0 Å². The van der Waals surface area contributed by atoms with Crippen molar-refractivity contribution >= 4 is 74.1 Å². The molecule has 0 atom stereocenters. The van der Waals surface area contributed by atoms with Gasteiger partial charge in [0, 0.05) is 56.2 Å². The number of nitrogens with zero attached hydrogens (tertiary/aromatic N) is 2. The molecule has 5 heteroatoms. The Kier molecular flexibility index (Phi) is 12.4. The first-order valence-corrected chi connectivity index (χ1v) is 23.8. The van der Waals surface area contributed by atoms with E-state index in [4.69, 9.17) is 20.8 Å². The minimum Gasteiger partial charge on any atom is -0.456 e. The Bertz CT molecular complexity index is 3340. The molecule has 0 N–H and O–H groups in total. The van der Waals surface area contributed by atoms with E-state index in [1.165, 1.54) is 0 Å². The summed E-state index contributed by atoms with van der Waals surface area (Å²) in [5, 5.41) is 1.81. The molecule has 69 heavy (non-hydrogen) atoms. The summed E-state index contributed by atoms with van der Waals surface area (Å²) in [5.41, 5.74) is 14.4. The van der Waals surface area contributed by atoms with Gasteiger partial charge in [-0.15, -0.1) is 0 Å². The van der Waals surface area contributed by atoms with Crippen molar-refractivity contribution in [3.05, 3.63) is 282 Å². The number of hydrogen-bond acceptors (Lipinski definition) is 3. The lowest BCUT2D eigenvalue weighted by atomic mass is 9.92. The highest BCUT2D eigenvalue weighted by molar-refractivity contribution is 6.32. The largest absolute Gasteiger partial charge is 0.456 e. The Balaban J connectivity index is 0.959. The highest BCUT2D eigenvalue weighted by Gasteiger charge is 2.24. The summed E-state index contributed by atoms with van der Waals surface area (Å²) in [7, 11) is 0. The Morgan fingerprint density at radius 2 is 1.00 bits per heavy atom. The fraction of sp³-hybridized carbons (Fsp3) is 0.0469. The predicted molar refractivity (Wildman–Crippen MR) is 289 cm³/mol. The quantitative estimate of drug-likeness (QED) is 0.121. The highest BCUT2D eigenvalue weighted by Crippen LogP contribution is 2.44. The predicted octanol–water partition coefficient (Wildman–Crippen LogP) is 18.5. The van der Waals surface area contributed by atoms with E-state index in [9.17, 15) is 0 Å². The van der Waals surface area contributed by atoms with E-state index < -0.39 is 0 Å². The van der Waals surface area contributed by atoms with E-state index in [1.54, 1.807) is 0 Å². The first-order chi connectivity index (χ1) is 34.1. The first-order valence-electron chi connectivity index (χ1n) is 23.5. The standard InChI is InChI=1S/C64H48ClN2O2/c65-64-48(34-36-50-42-60(46-20-7-1-8-21-46)68-62-44-56(38-40-58(50)62)66(52-26-11-3-12-27-52)53-28-13-4-14-29-53)24-19-25-49(64)35-37-51-43-61(47-22-9-2-10-23-47)69-63-45-57(39-41-59(51)63)67(54-30-15-5-16-31-54)55-32-17-6-18-33-55/h1-18,20-23,26-45H,19,24-25H2/q+1. The van der Waals surface area contributed by atoms with Crippen LogP contribution in [0.3, 0.4) is 0 Å². The second kappa shape index (κ2) is 19.8. The maximum atomic E-state index is 7.41. The summed E-state index contributed by atoms with van der Waals surface area (Å²) in [5.74, 6) is 2.38.